The summed E-state index contributed by atoms with van der Waals surface area (Å²) in [7, 11) is 1.60. The van der Waals surface area contributed by atoms with Gasteiger partial charge < -0.3 is 15.2 Å². The van der Waals surface area contributed by atoms with E-state index in [1.165, 1.54) is 0 Å². The van der Waals surface area contributed by atoms with Crippen molar-refractivity contribution in [2.45, 2.75) is 25.8 Å². The lowest BCUT2D eigenvalue weighted by atomic mass is 10.0. The van der Waals surface area contributed by atoms with Crippen LogP contribution in [0.4, 0.5) is 0 Å². The summed E-state index contributed by atoms with van der Waals surface area (Å²) in [5, 5.41) is 11.8. The molecule has 1 fully saturated rings. The van der Waals surface area contributed by atoms with Gasteiger partial charge in [0, 0.05) is 0 Å². The summed E-state index contributed by atoms with van der Waals surface area (Å²) in [6.07, 6.45) is 1.20. The summed E-state index contributed by atoms with van der Waals surface area (Å²) in [5.74, 6) is -1.17. The second-order valence-corrected chi connectivity index (χ2v) is 5.03. The van der Waals surface area contributed by atoms with Crippen LogP contribution < -0.4 is 10.1 Å². The van der Waals surface area contributed by atoms with E-state index in [0.29, 0.717) is 6.42 Å². The molecule has 0 bridgehead atoms. The van der Waals surface area contributed by atoms with Crippen LogP contribution in [0.3, 0.4) is 0 Å². The molecule has 3 atom stereocenters. The zero-order valence-electron chi connectivity index (χ0n) is 11.6. The smallest absolute Gasteiger partial charge is 0.307 e. The largest absolute Gasteiger partial charge is 0.497 e. The normalized spacial score (nSPS) is 21.9. The van der Waals surface area contributed by atoms with E-state index in [1.807, 2.05) is 31.2 Å². The number of amides is 1. The lowest BCUT2D eigenvalue weighted by Crippen LogP contribution is -2.30. The van der Waals surface area contributed by atoms with Crippen molar-refractivity contribution in [3.8, 4) is 5.75 Å². The van der Waals surface area contributed by atoms with Gasteiger partial charge in [0.25, 0.3) is 0 Å². The number of carboxylic acids is 1. The standard InChI is InChI=1S/C15H19NO4/c1-3-13(9-4-6-10(20-2)7-5-9)16-14(17)11-8-12(11)15(18)19/h4-7,11-13H,3,8H2,1-2H3,(H,16,17)(H,18,19)/t11-,12-,13-/m0/s1. The summed E-state index contributed by atoms with van der Waals surface area (Å²) in [6, 6.07) is 7.43. The van der Waals surface area contributed by atoms with Gasteiger partial charge in [0.1, 0.15) is 5.75 Å². The number of hydrogen-bond acceptors (Lipinski definition) is 3. The maximum absolute atomic E-state index is 12.0. The third-order valence-corrected chi connectivity index (χ3v) is 3.69. The number of carboxylic acid groups (broad SMARTS) is 1. The monoisotopic (exact) mass is 277 g/mol. The van der Waals surface area contributed by atoms with Gasteiger partial charge in [0.05, 0.1) is 25.0 Å². The Balaban J connectivity index is 1.98. The first kappa shape index (κ1) is 14.4. The lowest BCUT2D eigenvalue weighted by molar-refractivity contribution is -0.140. The fourth-order valence-corrected chi connectivity index (χ4v) is 2.29. The summed E-state index contributed by atoms with van der Waals surface area (Å²) < 4.78 is 5.10. The minimum Gasteiger partial charge on any atom is -0.497 e. The van der Waals surface area contributed by atoms with Crippen molar-refractivity contribution in [2.24, 2.45) is 11.8 Å². The molecule has 1 aliphatic carbocycles. The lowest BCUT2D eigenvalue weighted by Gasteiger charge is -2.17. The molecule has 0 heterocycles. The van der Waals surface area contributed by atoms with Crippen LogP contribution in [0.5, 0.6) is 5.75 Å². The molecule has 1 aromatic rings. The van der Waals surface area contributed by atoms with Gasteiger partial charge in [-0.1, -0.05) is 19.1 Å². The quantitative estimate of drug-likeness (QED) is 0.833. The summed E-state index contributed by atoms with van der Waals surface area (Å²) in [5.41, 5.74) is 0.995. The molecule has 1 amide bonds. The Hall–Kier alpha value is -2.04. The molecule has 1 aromatic carbocycles. The Morgan fingerprint density at radius 2 is 2.00 bits per heavy atom. The number of carbonyl (C=O) groups excluding carboxylic acids is 1. The molecule has 0 unspecified atom stereocenters. The zero-order chi connectivity index (χ0) is 14.7. The van der Waals surface area contributed by atoms with Crippen molar-refractivity contribution in [1.82, 2.24) is 5.32 Å². The minimum atomic E-state index is -0.886. The van der Waals surface area contributed by atoms with Crippen molar-refractivity contribution >= 4 is 11.9 Å². The molecule has 0 radical (unpaired) electrons. The van der Waals surface area contributed by atoms with Crippen molar-refractivity contribution in [1.29, 1.82) is 0 Å². The predicted molar refractivity (Wildman–Crippen MR) is 73.4 cm³/mol. The SMILES string of the molecule is CC[C@H](NC(=O)[C@H]1C[C@@H]1C(=O)O)c1ccc(OC)cc1. The number of ether oxygens (including phenoxy) is 1. The Morgan fingerprint density at radius 3 is 2.45 bits per heavy atom. The highest BCUT2D eigenvalue weighted by molar-refractivity contribution is 5.89. The molecule has 0 aromatic heterocycles. The predicted octanol–water partition coefficient (Wildman–Crippen LogP) is 1.98. The van der Waals surface area contributed by atoms with Crippen molar-refractivity contribution in [3.63, 3.8) is 0 Å². The van der Waals surface area contributed by atoms with Crippen molar-refractivity contribution in [2.75, 3.05) is 7.11 Å². The van der Waals surface area contributed by atoms with Gasteiger partial charge in [-0.25, -0.2) is 0 Å². The van der Waals surface area contributed by atoms with Crippen LogP contribution in [0.1, 0.15) is 31.4 Å². The third kappa shape index (κ3) is 3.10. The van der Waals surface area contributed by atoms with E-state index in [4.69, 9.17) is 9.84 Å². The molecule has 2 N–H and O–H groups in total. The number of rotatable bonds is 6. The average molecular weight is 277 g/mol. The zero-order valence-corrected chi connectivity index (χ0v) is 11.6. The van der Waals surface area contributed by atoms with E-state index in [9.17, 15) is 9.59 Å². The Labute approximate surface area is 117 Å². The van der Waals surface area contributed by atoms with Crippen LogP contribution in [0.25, 0.3) is 0 Å². The van der Waals surface area contributed by atoms with Crippen LogP contribution in [0, 0.1) is 11.8 Å². The number of hydrogen-bond donors (Lipinski definition) is 2. The third-order valence-electron chi connectivity index (χ3n) is 3.69. The van der Waals surface area contributed by atoms with Crippen LogP contribution in [-0.4, -0.2) is 24.1 Å². The highest BCUT2D eigenvalue weighted by atomic mass is 16.5. The van der Waals surface area contributed by atoms with Crippen LogP contribution in [0.2, 0.25) is 0 Å². The molecule has 0 spiro atoms. The Morgan fingerprint density at radius 1 is 1.35 bits per heavy atom. The minimum absolute atomic E-state index is 0.0940. The number of methoxy groups -OCH3 is 1. The van der Waals surface area contributed by atoms with Crippen LogP contribution in [0.15, 0.2) is 24.3 Å². The molecular formula is C15H19NO4. The summed E-state index contributed by atoms with van der Waals surface area (Å²) >= 11 is 0. The molecule has 0 aliphatic heterocycles. The van der Waals surface area contributed by atoms with Crippen LogP contribution in [-0.2, 0) is 9.59 Å². The number of aliphatic carboxylic acids is 1. The van der Waals surface area contributed by atoms with Gasteiger partial charge >= 0.3 is 5.97 Å². The van der Waals surface area contributed by atoms with Gasteiger partial charge in [0.15, 0.2) is 0 Å². The van der Waals surface area contributed by atoms with Gasteiger partial charge in [-0.05, 0) is 30.5 Å². The Bertz CT molecular complexity index is 497. The topological polar surface area (TPSA) is 75.6 Å². The highest BCUT2D eigenvalue weighted by Crippen LogP contribution is 2.39. The molecule has 0 saturated heterocycles. The van der Waals surface area contributed by atoms with E-state index in [2.05, 4.69) is 5.32 Å². The van der Waals surface area contributed by atoms with E-state index < -0.39 is 11.9 Å². The van der Waals surface area contributed by atoms with Crippen molar-refractivity contribution in [3.05, 3.63) is 29.8 Å². The van der Waals surface area contributed by atoms with Gasteiger partial charge in [0.2, 0.25) is 5.91 Å². The second-order valence-electron chi connectivity index (χ2n) is 5.03. The van der Waals surface area contributed by atoms with Gasteiger partial charge in [-0.15, -0.1) is 0 Å². The average Bonchev–Trinajstić information content (AvgIpc) is 3.25. The molecule has 1 saturated carbocycles. The maximum Gasteiger partial charge on any atom is 0.307 e. The maximum atomic E-state index is 12.0. The fraction of sp³-hybridized carbons (Fsp3) is 0.467. The second kappa shape index (κ2) is 5.94. The molecule has 20 heavy (non-hydrogen) atoms. The first-order valence-electron chi connectivity index (χ1n) is 6.74. The van der Waals surface area contributed by atoms with Gasteiger partial charge in [-0.2, -0.15) is 0 Å². The fourth-order valence-electron chi connectivity index (χ4n) is 2.29. The molecule has 5 heteroatoms. The highest BCUT2D eigenvalue weighted by Gasteiger charge is 2.48. The van der Waals surface area contributed by atoms with E-state index in [0.717, 1.165) is 17.7 Å². The van der Waals surface area contributed by atoms with Crippen molar-refractivity contribution < 1.29 is 19.4 Å². The Kier molecular flexibility index (Phi) is 4.27. The van der Waals surface area contributed by atoms with Gasteiger partial charge in [-0.3, -0.25) is 9.59 Å². The van der Waals surface area contributed by atoms with Crippen LogP contribution >= 0.6 is 0 Å². The first-order valence-corrected chi connectivity index (χ1v) is 6.74. The first-order chi connectivity index (χ1) is 9.56. The number of carbonyl (C=O) groups is 2. The number of benzene rings is 1. The summed E-state index contributed by atoms with van der Waals surface area (Å²) in [4.78, 5) is 22.8. The molecule has 5 nitrogen and oxygen atoms in total. The molecular weight excluding hydrogens is 258 g/mol. The van der Waals surface area contributed by atoms with E-state index in [1.54, 1.807) is 7.11 Å². The number of nitrogens with one attached hydrogen (secondary N) is 1. The van der Waals surface area contributed by atoms with E-state index in [-0.39, 0.29) is 17.9 Å². The summed E-state index contributed by atoms with van der Waals surface area (Å²) in [6.45, 7) is 1.98. The molecule has 1 aliphatic rings. The molecule has 108 valence electrons. The van der Waals surface area contributed by atoms with E-state index >= 15 is 0 Å². The molecule has 2 rings (SSSR count).